The summed E-state index contributed by atoms with van der Waals surface area (Å²) < 4.78 is 25.6. The molecule has 3 aromatic heterocycles. The third kappa shape index (κ3) is 4.18. The minimum Gasteiger partial charge on any atom is -0.478 e. The van der Waals surface area contributed by atoms with E-state index in [0.717, 1.165) is 12.5 Å². The first-order valence-corrected chi connectivity index (χ1v) is 10.7. The van der Waals surface area contributed by atoms with E-state index in [0.29, 0.717) is 0 Å². The molecule has 162 valence electrons. The predicted octanol–water partition coefficient (Wildman–Crippen LogP) is 1.97. The Labute approximate surface area is 177 Å². The maximum absolute atomic E-state index is 12.2. The van der Waals surface area contributed by atoms with Crippen LogP contribution in [0.5, 0.6) is 0 Å². The van der Waals surface area contributed by atoms with Crippen LogP contribution >= 0.6 is 0 Å². The number of aromatic carboxylic acids is 1. The normalized spacial score (nSPS) is 11.6. The van der Waals surface area contributed by atoms with Gasteiger partial charge >= 0.3 is 5.97 Å². The zero-order chi connectivity index (χ0) is 22.8. The first-order valence-electron chi connectivity index (χ1n) is 8.80. The van der Waals surface area contributed by atoms with Crippen LogP contribution in [0.1, 0.15) is 15.9 Å². The van der Waals surface area contributed by atoms with Crippen molar-refractivity contribution < 1.29 is 18.3 Å². The number of hydrogen-bond acceptors (Lipinski definition) is 11. The lowest BCUT2D eigenvalue weighted by molar-refractivity contribution is 0.0697. The second-order valence-electron chi connectivity index (χ2n) is 6.26. The zero-order valence-electron chi connectivity index (χ0n) is 17.0. The van der Waals surface area contributed by atoms with Gasteiger partial charge in [0.1, 0.15) is 22.0 Å². The molecule has 13 nitrogen and oxygen atoms in total. The Bertz CT molecular complexity index is 1270. The van der Waals surface area contributed by atoms with Crippen LogP contribution in [0, 0.1) is 6.92 Å². The third-order valence-corrected chi connectivity index (χ3v) is 5.32. The zero-order valence-corrected chi connectivity index (χ0v) is 17.8. The van der Waals surface area contributed by atoms with E-state index in [2.05, 4.69) is 41.1 Å². The van der Waals surface area contributed by atoms with Crippen molar-refractivity contribution in [2.75, 3.05) is 31.0 Å². The lowest BCUT2D eigenvalue weighted by atomic mass is 10.1. The Hall–Kier alpha value is -3.94. The number of azo groups is 1. The maximum atomic E-state index is 12.2. The highest BCUT2D eigenvalue weighted by atomic mass is 32.2. The second-order valence-corrected chi connectivity index (χ2v) is 8.25. The van der Waals surface area contributed by atoms with Crippen LogP contribution in [-0.2, 0) is 9.84 Å². The maximum Gasteiger partial charge on any atom is 0.339 e. The molecule has 31 heavy (non-hydrogen) atoms. The van der Waals surface area contributed by atoms with Crippen LogP contribution in [0.25, 0.3) is 5.82 Å². The van der Waals surface area contributed by atoms with Gasteiger partial charge in [0.2, 0.25) is 0 Å². The molecule has 0 saturated heterocycles. The summed E-state index contributed by atoms with van der Waals surface area (Å²) in [6.07, 6.45) is 3.60. The molecule has 0 aliphatic heterocycles. The van der Waals surface area contributed by atoms with Gasteiger partial charge in [-0.3, -0.25) is 0 Å². The van der Waals surface area contributed by atoms with E-state index >= 15 is 0 Å². The number of rotatable bonds is 7. The molecule has 0 aromatic carbocycles. The highest BCUT2D eigenvalue weighted by molar-refractivity contribution is 7.90. The smallest absolute Gasteiger partial charge is 0.339 e. The van der Waals surface area contributed by atoms with Crippen LogP contribution in [-0.4, -0.2) is 64.8 Å². The summed E-state index contributed by atoms with van der Waals surface area (Å²) in [5.41, 5.74) is 0.331. The van der Waals surface area contributed by atoms with E-state index in [1.165, 1.54) is 10.9 Å². The molecule has 0 bridgehead atoms. The lowest BCUT2D eigenvalue weighted by Crippen LogP contribution is -2.09. The first kappa shape index (κ1) is 21.8. The number of carboxylic acids is 1. The highest BCUT2D eigenvalue weighted by Crippen LogP contribution is 2.36. The second kappa shape index (κ2) is 8.43. The Balaban J connectivity index is 2.24. The molecule has 3 aromatic rings. The number of carboxylic acid groups (broad SMARTS) is 1. The molecule has 14 heteroatoms. The summed E-state index contributed by atoms with van der Waals surface area (Å²) in [5, 5.41) is 35.1. The van der Waals surface area contributed by atoms with Crippen molar-refractivity contribution in [3.05, 3.63) is 35.7 Å². The van der Waals surface area contributed by atoms with Crippen molar-refractivity contribution in [2.45, 2.75) is 11.8 Å². The lowest BCUT2D eigenvalue weighted by Gasteiger charge is -2.13. The number of pyridine rings is 1. The molecule has 0 amide bonds. The van der Waals surface area contributed by atoms with Gasteiger partial charge in [0.05, 0.1) is 6.20 Å². The topological polar surface area (TPSA) is 177 Å². The number of anilines is 2. The summed E-state index contributed by atoms with van der Waals surface area (Å²) in [6.45, 7) is 1.55. The summed E-state index contributed by atoms with van der Waals surface area (Å²) >= 11 is 0. The van der Waals surface area contributed by atoms with Crippen LogP contribution in [0.4, 0.5) is 23.1 Å². The molecule has 0 atom stereocenters. The van der Waals surface area contributed by atoms with Gasteiger partial charge in [-0.25, -0.2) is 18.2 Å². The fourth-order valence-corrected chi connectivity index (χ4v) is 3.48. The van der Waals surface area contributed by atoms with Gasteiger partial charge in [-0.15, -0.1) is 15.3 Å². The number of nitrogens with zero attached hydrogens (tertiary/aromatic N) is 7. The largest absolute Gasteiger partial charge is 0.478 e. The molecular weight excluding hydrogens is 426 g/mol. The van der Waals surface area contributed by atoms with Gasteiger partial charge < -0.3 is 15.7 Å². The van der Waals surface area contributed by atoms with E-state index in [1.807, 2.05) is 0 Å². The summed E-state index contributed by atoms with van der Waals surface area (Å²) in [6, 6.07) is 3.18. The van der Waals surface area contributed by atoms with Crippen molar-refractivity contribution in [3.63, 3.8) is 0 Å². The number of sulfone groups is 1. The third-order valence-electron chi connectivity index (χ3n) is 4.23. The van der Waals surface area contributed by atoms with E-state index < -0.39 is 15.8 Å². The molecule has 3 heterocycles. The van der Waals surface area contributed by atoms with Gasteiger partial charge in [-0.1, -0.05) is 0 Å². The average molecular weight is 445 g/mol. The van der Waals surface area contributed by atoms with Crippen LogP contribution in [0.15, 0.2) is 39.7 Å². The van der Waals surface area contributed by atoms with E-state index in [-0.39, 0.29) is 45.0 Å². The molecule has 0 saturated carbocycles. The fraction of sp³-hybridized carbons (Fsp3) is 0.235. The molecular formula is C17H19N9O4S. The molecule has 0 aliphatic rings. The monoisotopic (exact) mass is 445 g/mol. The van der Waals surface area contributed by atoms with Gasteiger partial charge in [-0.05, 0) is 24.6 Å². The standard InChI is InChI=1S/C17H19N9O4S/c1-9-12(17(27)28)14(18-2)22-15(19-3)13(9)24-25-16-10(31(4,29)30)8-21-26(16)11-6-5-7-20-23-11/h5-8H,1-4H3,(H,27,28)(H2,18,19,22). The number of hydrogen-bond donors (Lipinski definition) is 3. The van der Waals surface area contributed by atoms with E-state index in [1.54, 1.807) is 33.2 Å². The number of nitrogens with one attached hydrogen (secondary N) is 2. The van der Waals surface area contributed by atoms with Crippen molar-refractivity contribution >= 4 is 38.9 Å². The molecule has 0 aliphatic carbocycles. The van der Waals surface area contributed by atoms with Crippen LogP contribution in [0.2, 0.25) is 0 Å². The van der Waals surface area contributed by atoms with Crippen LogP contribution in [0.3, 0.4) is 0 Å². The highest BCUT2D eigenvalue weighted by Gasteiger charge is 2.23. The molecule has 0 radical (unpaired) electrons. The summed E-state index contributed by atoms with van der Waals surface area (Å²) in [4.78, 5) is 15.8. The molecule has 0 unspecified atom stereocenters. The van der Waals surface area contributed by atoms with Gasteiger partial charge in [0.25, 0.3) is 0 Å². The SMILES string of the molecule is CNc1nc(NC)c(C(=O)O)c(C)c1N=Nc1c(S(C)(=O)=O)cnn1-c1cccnn1. The Morgan fingerprint density at radius 3 is 2.45 bits per heavy atom. The van der Waals surface area contributed by atoms with Crippen molar-refractivity contribution in [2.24, 2.45) is 10.2 Å². The van der Waals surface area contributed by atoms with Gasteiger partial charge in [0, 0.05) is 26.5 Å². The fourth-order valence-electron chi connectivity index (χ4n) is 2.79. The number of aromatic nitrogens is 5. The van der Waals surface area contributed by atoms with Gasteiger partial charge in [0.15, 0.2) is 27.3 Å². The first-order chi connectivity index (χ1) is 14.7. The molecule has 0 spiro atoms. The Morgan fingerprint density at radius 1 is 1.19 bits per heavy atom. The van der Waals surface area contributed by atoms with Gasteiger partial charge in [-0.2, -0.15) is 14.9 Å². The number of carbonyl (C=O) groups is 1. The molecule has 0 fully saturated rings. The quantitative estimate of drug-likeness (QED) is 0.455. The summed E-state index contributed by atoms with van der Waals surface area (Å²) in [7, 11) is -0.566. The Kier molecular flexibility index (Phi) is 5.92. The average Bonchev–Trinajstić information content (AvgIpc) is 3.16. The van der Waals surface area contributed by atoms with Crippen LogP contribution < -0.4 is 10.6 Å². The van der Waals surface area contributed by atoms with Crippen molar-refractivity contribution in [1.82, 2.24) is 25.0 Å². The molecule has 3 rings (SSSR count). The van der Waals surface area contributed by atoms with Crippen molar-refractivity contribution in [1.29, 1.82) is 0 Å². The summed E-state index contributed by atoms with van der Waals surface area (Å²) in [5.74, 6) is -0.683. The minimum absolute atomic E-state index is 0.0822. The Morgan fingerprint density at radius 2 is 1.90 bits per heavy atom. The van der Waals surface area contributed by atoms with E-state index in [4.69, 9.17) is 0 Å². The minimum atomic E-state index is -3.70. The predicted molar refractivity (Wildman–Crippen MR) is 111 cm³/mol. The molecule has 3 N–H and O–H groups in total. The van der Waals surface area contributed by atoms with Crippen molar-refractivity contribution in [3.8, 4) is 5.82 Å². The van der Waals surface area contributed by atoms with E-state index in [9.17, 15) is 18.3 Å².